The minimum absolute atomic E-state index is 0.0485. The summed E-state index contributed by atoms with van der Waals surface area (Å²) in [5, 5.41) is 6.62. The predicted molar refractivity (Wildman–Crippen MR) is 83.2 cm³/mol. The van der Waals surface area contributed by atoms with Gasteiger partial charge in [-0.15, -0.1) is 0 Å². The van der Waals surface area contributed by atoms with Crippen LogP contribution in [0.25, 0.3) is 11.5 Å². The molecule has 0 atom stereocenters. The van der Waals surface area contributed by atoms with E-state index in [1.54, 1.807) is 6.92 Å². The zero-order chi connectivity index (χ0) is 15.4. The summed E-state index contributed by atoms with van der Waals surface area (Å²) in [6.07, 6.45) is 0.353. The van der Waals surface area contributed by atoms with Gasteiger partial charge in [0.2, 0.25) is 5.91 Å². The van der Waals surface area contributed by atoms with Crippen molar-refractivity contribution in [3.05, 3.63) is 66.0 Å². The van der Waals surface area contributed by atoms with Gasteiger partial charge in [-0.2, -0.15) is 4.98 Å². The average molecular weight is 293 g/mol. The van der Waals surface area contributed by atoms with E-state index in [1.807, 2.05) is 54.6 Å². The average Bonchev–Trinajstić information content (AvgIpc) is 2.95. The molecule has 0 saturated heterocycles. The Bertz CT molecular complexity index is 764. The monoisotopic (exact) mass is 293 g/mol. The molecule has 3 rings (SSSR count). The topological polar surface area (TPSA) is 68.0 Å². The summed E-state index contributed by atoms with van der Waals surface area (Å²) in [7, 11) is 0. The van der Waals surface area contributed by atoms with Gasteiger partial charge < -0.3 is 9.84 Å². The molecule has 0 unspecified atom stereocenters. The molecule has 0 aliphatic rings. The molecule has 0 aliphatic heterocycles. The van der Waals surface area contributed by atoms with Crippen molar-refractivity contribution >= 4 is 11.6 Å². The number of hydrogen-bond acceptors (Lipinski definition) is 4. The molecule has 5 nitrogen and oxygen atoms in total. The number of nitrogens with one attached hydrogen (secondary N) is 1. The van der Waals surface area contributed by atoms with Crippen molar-refractivity contribution in [1.29, 1.82) is 0 Å². The number of benzene rings is 2. The number of nitrogens with zero attached hydrogens (tertiary/aromatic N) is 2. The van der Waals surface area contributed by atoms with Crippen LogP contribution in [0.2, 0.25) is 0 Å². The van der Waals surface area contributed by atoms with Gasteiger partial charge in [0.15, 0.2) is 5.82 Å². The van der Waals surface area contributed by atoms with Crippen LogP contribution in [0.3, 0.4) is 0 Å². The second-order valence-electron chi connectivity index (χ2n) is 4.93. The highest BCUT2D eigenvalue weighted by Crippen LogP contribution is 2.19. The van der Waals surface area contributed by atoms with Crippen LogP contribution in [-0.4, -0.2) is 16.0 Å². The Morgan fingerprint density at radius 1 is 1.09 bits per heavy atom. The Kier molecular flexibility index (Phi) is 3.96. The molecule has 1 amide bonds. The minimum atomic E-state index is -0.0485. The van der Waals surface area contributed by atoms with Crippen LogP contribution in [0, 0.1) is 6.92 Å². The number of anilines is 1. The number of carbonyl (C=O) groups is 1. The third kappa shape index (κ3) is 3.38. The molecule has 110 valence electrons. The first-order valence-corrected chi connectivity index (χ1v) is 6.95. The Morgan fingerprint density at radius 2 is 1.82 bits per heavy atom. The fraction of sp³-hybridized carbons (Fsp3) is 0.118. The first-order valence-electron chi connectivity index (χ1n) is 6.95. The molecule has 1 N–H and O–H groups in total. The molecular weight excluding hydrogens is 278 g/mol. The van der Waals surface area contributed by atoms with Crippen molar-refractivity contribution in [3.63, 3.8) is 0 Å². The number of aryl methyl sites for hydroxylation is 1. The lowest BCUT2D eigenvalue weighted by Crippen LogP contribution is -2.14. The zero-order valence-electron chi connectivity index (χ0n) is 12.1. The molecule has 2 aromatic carbocycles. The standard InChI is InChI=1S/C17H15N3O2/c1-12-18-17(22-20-12)14-7-9-15(10-8-14)19-16(21)11-13-5-3-2-4-6-13/h2-10H,11H2,1H3,(H,19,21). The van der Waals surface area contributed by atoms with Crippen molar-refractivity contribution in [1.82, 2.24) is 10.1 Å². The number of aromatic nitrogens is 2. The summed E-state index contributed by atoms with van der Waals surface area (Å²) in [4.78, 5) is 16.2. The highest BCUT2D eigenvalue weighted by Gasteiger charge is 2.07. The van der Waals surface area contributed by atoms with Gasteiger partial charge in [-0.05, 0) is 36.8 Å². The first-order chi connectivity index (χ1) is 10.7. The van der Waals surface area contributed by atoms with Crippen LogP contribution in [0.5, 0.6) is 0 Å². The highest BCUT2D eigenvalue weighted by atomic mass is 16.5. The van der Waals surface area contributed by atoms with Gasteiger partial charge in [-0.1, -0.05) is 35.5 Å². The van der Waals surface area contributed by atoms with Crippen molar-refractivity contribution < 1.29 is 9.32 Å². The molecule has 5 heteroatoms. The molecule has 0 spiro atoms. The molecule has 0 aliphatic carbocycles. The lowest BCUT2D eigenvalue weighted by Gasteiger charge is -2.05. The SMILES string of the molecule is Cc1noc(-c2ccc(NC(=O)Cc3ccccc3)cc2)n1. The van der Waals surface area contributed by atoms with E-state index in [2.05, 4.69) is 15.5 Å². The maximum Gasteiger partial charge on any atom is 0.257 e. The fourth-order valence-electron chi connectivity index (χ4n) is 2.10. The Balaban J connectivity index is 1.65. The molecule has 1 aromatic heterocycles. The largest absolute Gasteiger partial charge is 0.334 e. The first kappa shape index (κ1) is 14.0. The molecule has 0 saturated carbocycles. The molecule has 1 heterocycles. The van der Waals surface area contributed by atoms with Gasteiger partial charge in [0, 0.05) is 11.3 Å². The predicted octanol–water partition coefficient (Wildman–Crippen LogP) is 3.23. The van der Waals surface area contributed by atoms with E-state index in [-0.39, 0.29) is 5.91 Å². The van der Waals surface area contributed by atoms with Gasteiger partial charge in [0.25, 0.3) is 5.89 Å². The van der Waals surface area contributed by atoms with Crippen LogP contribution in [0.1, 0.15) is 11.4 Å². The number of carbonyl (C=O) groups excluding carboxylic acids is 1. The number of amides is 1. The van der Waals surface area contributed by atoms with Crippen LogP contribution in [0.4, 0.5) is 5.69 Å². The third-order valence-electron chi connectivity index (χ3n) is 3.15. The molecular formula is C17H15N3O2. The summed E-state index contributed by atoms with van der Waals surface area (Å²) in [6.45, 7) is 1.77. The lowest BCUT2D eigenvalue weighted by molar-refractivity contribution is -0.115. The summed E-state index contributed by atoms with van der Waals surface area (Å²) in [6, 6.07) is 16.9. The van der Waals surface area contributed by atoms with Crippen molar-refractivity contribution in [2.45, 2.75) is 13.3 Å². The normalized spacial score (nSPS) is 10.4. The maximum absolute atomic E-state index is 12.0. The van der Waals surface area contributed by atoms with Crippen LogP contribution >= 0.6 is 0 Å². The van der Waals surface area contributed by atoms with Gasteiger partial charge in [0.1, 0.15) is 0 Å². The Morgan fingerprint density at radius 3 is 2.45 bits per heavy atom. The highest BCUT2D eigenvalue weighted by molar-refractivity contribution is 5.92. The zero-order valence-corrected chi connectivity index (χ0v) is 12.1. The summed E-state index contributed by atoms with van der Waals surface area (Å²) >= 11 is 0. The van der Waals surface area contributed by atoms with E-state index < -0.39 is 0 Å². The molecule has 0 fully saturated rings. The van der Waals surface area contributed by atoms with Crippen LogP contribution in [-0.2, 0) is 11.2 Å². The molecule has 3 aromatic rings. The van der Waals surface area contributed by atoms with Crippen molar-refractivity contribution in [2.75, 3.05) is 5.32 Å². The van der Waals surface area contributed by atoms with Crippen LogP contribution < -0.4 is 5.32 Å². The Hall–Kier alpha value is -2.95. The van der Waals surface area contributed by atoms with Gasteiger partial charge in [-0.25, -0.2) is 0 Å². The van der Waals surface area contributed by atoms with Crippen molar-refractivity contribution in [3.8, 4) is 11.5 Å². The second kappa shape index (κ2) is 6.22. The van der Waals surface area contributed by atoms with E-state index in [9.17, 15) is 4.79 Å². The molecule has 0 radical (unpaired) electrons. The second-order valence-corrected chi connectivity index (χ2v) is 4.93. The third-order valence-corrected chi connectivity index (χ3v) is 3.15. The minimum Gasteiger partial charge on any atom is -0.334 e. The Labute approximate surface area is 128 Å². The van der Waals surface area contributed by atoms with E-state index >= 15 is 0 Å². The fourth-order valence-corrected chi connectivity index (χ4v) is 2.10. The van der Waals surface area contributed by atoms with E-state index in [0.717, 1.165) is 16.8 Å². The van der Waals surface area contributed by atoms with Gasteiger partial charge in [-0.3, -0.25) is 4.79 Å². The summed E-state index contributed by atoms with van der Waals surface area (Å²) in [5.41, 5.74) is 2.54. The number of hydrogen-bond donors (Lipinski definition) is 1. The number of rotatable bonds is 4. The summed E-state index contributed by atoms with van der Waals surface area (Å²) < 4.78 is 5.10. The summed E-state index contributed by atoms with van der Waals surface area (Å²) in [5.74, 6) is 1.02. The maximum atomic E-state index is 12.0. The van der Waals surface area contributed by atoms with E-state index in [1.165, 1.54) is 0 Å². The smallest absolute Gasteiger partial charge is 0.257 e. The lowest BCUT2D eigenvalue weighted by atomic mass is 10.1. The van der Waals surface area contributed by atoms with E-state index in [4.69, 9.17) is 4.52 Å². The van der Waals surface area contributed by atoms with E-state index in [0.29, 0.717) is 18.1 Å². The molecule has 22 heavy (non-hydrogen) atoms. The van der Waals surface area contributed by atoms with Crippen molar-refractivity contribution in [2.24, 2.45) is 0 Å². The van der Waals surface area contributed by atoms with Gasteiger partial charge >= 0.3 is 0 Å². The van der Waals surface area contributed by atoms with Gasteiger partial charge in [0.05, 0.1) is 6.42 Å². The van der Waals surface area contributed by atoms with Crippen LogP contribution in [0.15, 0.2) is 59.1 Å². The molecule has 0 bridgehead atoms. The quantitative estimate of drug-likeness (QED) is 0.802.